The number of tetrazole rings is 1. The molecule has 0 amide bonds. The lowest BCUT2D eigenvalue weighted by atomic mass is 10.1. The number of aromatic amines is 2. The van der Waals surface area contributed by atoms with Crippen LogP contribution in [0.25, 0.3) is 22.8 Å². The van der Waals surface area contributed by atoms with Gasteiger partial charge in [-0.3, -0.25) is 4.98 Å². The van der Waals surface area contributed by atoms with Gasteiger partial charge in [-0.2, -0.15) is 5.21 Å². The number of imidazole rings is 1. The van der Waals surface area contributed by atoms with Crippen LogP contribution in [0.5, 0.6) is 0 Å². The predicted octanol–water partition coefficient (Wildman–Crippen LogP) is 2.90. The summed E-state index contributed by atoms with van der Waals surface area (Å²) in [5.41, 5.74) is 3.58. The Balaban J connectivity index is 1.58. The van der Waals surface area contributed by atoms with Gasteiger partial charge in [0.15, 0.2) is 0 Å². The van der Waals surface area contributed by atoms with Crippen LogP contribution in [0.2, 0.25) is 5.02 Å². The van der Waals surface area contributed by atoms with Crippen LogP contribution in [0.15, 0.2) is 48.8 Å². The monoisotopic (exact) mass is 337 g/mol. The normalized spacial score (nSPS) is 10.9. The van der Waals surface area contributed by atoms with Gasteiger partial charge >= 0.3 is 0 Å². The summed E-state index contributed by atoms with van der Waals surface area (Å²) in [5.74, 6) is 1.39. The molecular weight excluding hydrogens is 326 g/mol. The molecule has 0 radical (unpaired) electrons. The summed E-state index contributed by atoms with van der Waals surface area (Å²) in [6.45, 7) is 0. The molecule has 0 aliphatic rings. The zero-order valence-electron chi connectivity index (χ0n) is 12.4. The number of nitrogens with zero attached hydrogens (tertiary/aromatic N) is 5. The van der Waals surface area contributed by atoms with Gasteiger partial charge in [0.25, 0.3) is 0 Å². The van der Waals surface area contributed by atoms with E-state index in [0.717, 1.165) is 33.4 Å². The topological polar surface area (TPSA) is 96.0 Å². The number of halogens is 1. The molecule has 118 valence electrons. The molecule has 0 spiro atoms. The minimum absolute atomic E-state index is 0.527. The van der Waals surface area contributed by atoms with Crippen molar-refractivity contribution in [1.82, 2.24) is 35.6 Å². The van der Waals surface area contributed by atoms with E-state index in [9.17, 15) is 0 Å². The SMILES string of the molecule is Clc1ccc(Cc2ncc(-c3cc(-c4nn[nH]n4)ccn3)[nH]2)cc1. The minimum Gasteiger partial charge on any atom is -0.340 e. The molecule has 0 aliphatic heterocycles. The number of pyridine rings is 1. The van der Waals surface area contributed by atoms with E-state index >= 15 is 0 Å². The molecule has 0 saturated carbocycles. The van der Waals surface area contributed by atoms with Crippen LogP contribution in [0.4, 0.5) is 0 Å². The first-order valence-electron chi connectivity index (χ1n) is 7.26. The molecule has 4 rings (SSSR count). The molecule has 8 heteroatoms. The van der Waals surface area contributed by atoms with Crippen LogP contribution in [-0.4, -0.2) is 35.6 Å². The van der Waals surface area contributed by atoms with Crippen molar-refractivity contribution in [3.05, 3.63) is 65.2 Å². The summed E-state index contributed by atoms with van der Waals surface area (Å²) in [6.07, 6.45) is 4.18. The lowest BCUT2D eigenvalue weighted by Gasteiger charge is -2.00. The minimum atomic E-state index is 0.527. The molecule has 0 aliphatic carbocycles. The van der Waals surface area contributed by atoms with Crippen LogP contribution in [-0.2, 0) is 6.42 Å². The van der Waals surface area contributed by atoms with E-state index in [1.165, 1.54) is 0 Å². The van der Waals surface area contributed by atoms with E-state index in [0.29, 0.717) is 12.2 Å². The Morgan fingerprint density at radius 1 is 1.04 bits per heavy atom. The van der Waals surface area contributed by atoms with Gasteiger partial charge in [-0.05, 0) is 35.0 Å². The van der Waals surface area contributed by atoms with E-state index in [1.807, 2.05) is 36.4 Å². The molecule has 24 heavy (non-hydrogen) atoms. The average molecular weight is 338 g/mol. The van der Waals surface area contributed by atoms with Crippen molar-refractivity contribution in [1.29, 1.82) is 0 Å². The molecule has 0 fully saturated rings. The van der Waals surface area contributed by atoms with Gasteiger partial charge in [-0.1, -0.05) is 23.7 Å². The highest BCUT2D eigenvalue weighted by Crippen LogP contribution is 2.21. The summed E-state index contributed by atoms with van der Waals surface area (Å²) >= 11 is 5.91. The third-order valence-corrected chi connectivity index (χ3v) is 3.80. The first-order chi connectivity index (χ1) is 11.8. The number of aromatic nitrogens is 7. The van der Waals surface area contributed by atoms with Crippen molar-refractivity contribution in [3.63, 3.8) is 0 Å². The van der Waals surface area contributed by atoms with E-state index < -0.39 is 0 Å². The van der Waals surface area contributed by atoms with Gasteiger partial charge in [0.05, 0.1) is 17.6 Å². The van der Waals surface area contributed by atoms with Gasteiger partial charge < -0.3 is 4.98 Å². The van der Waals surface area contributed by atoms with Crippen molar-refractivity contribution in [2.75, 3.05) is 0 Å². The van der Waals surface area contributed by atoms with E-state index in [1.54, 1.807) is 12.4 Å². The zero-order chi connectivity index (χ0) is 16.4. The maximum Gasteiger partial charge on any atom is 0.204 e. The van der Waals surface area contributed by atoms with E-state index in [4.69, 9.17) is 11.6 Å². The lowest BCUT2D eigenvalue weighted by Crippen LogP contribution is -1.91. The molecule has 0 saturated heterocycles. The van der Waals surface area contributed by atoms with E-state index in [2.05, 4.69) is 35.6 Å². The molecular formula is C16H12ClN7. The molecule has 3 heterocycles. The number of H-pyrrole nitrogens is 2. The third kappa shape index (κ3) is 3.02. The Labute approximate surface area is 142 Å². The van der Waals surface area contributed by atoms with Gasteiger partial charge in [0, 0.05) is 23.2 Å². The van der Waals surface area contributed by atoms with Crippen LogP contribution in [0.1, 0.15) is 11.4 Å². The highest BCUT2D eigenvalue weighted by molar-refractivity contribution is 6.30. The second-order valence-corrected chi connectivity index (χ2v) is 5.65. The number of rotatable bonds is 4. The molecule has 0 unspecified atom stereocenters. The van der Waals surface area contributed by atoms with Crippen molar-refractivity contribution >= 4 is 11.6 Å². The average Bonchev–Trinajstić information content (AvgIpc) is 3.29. The van der Waals surface area contributed by atoms with Crippen molar-refractivity contribution in [2.45, 2.75) is 6.42 Å². The second kappa shape index (κ2) is 6.21. The highest BCUT2D eigenvalue weighted by Gasteiger charge is 2.09. The van der Waals surface area contributed by atoms with Crippen molar-refractivity contribution < 1.29 is 0 Å². The first-order valence-corrected chi connectivity index (χ1v) is 7.64. The standard InChI is InChI=1S/C16H12ClN7/c17-12-3-1-10(2-4-12)7-15-19-9-14(20-15)13-8-11(5-6-18-13)16-21-23-24-22-16/h1-6,8-9H,7H2,(H,19,20)(H,21,22,23,24). The summed E-state index contributed by atoms with van der Waals surface area (Å²) in [7, 11) is 0. The fraction of sp³-hybridized carbons (Fsp3) is 0.0625. The number of hydrogen-bond donors (Lipinski definition) is 2. The molecule has 0 atom stereocenters. The summed E-state index contributed by atoms with van der Waals surface area (Å²) < 4.78 is 0. The maximum absolute atomic E-state index is 5.91. The zero-order valence-corrected chi connectivity index (χ0v) is 13.2. The van der Waals surface area contributed by atoms with Crippen LogP contribution < -0.4 is 0 Å². The lowest BCUT2D eigenvalue weighted by molar-refractivity contribution is 0.881. The number of nitrogens with one attached hydrogen (secondary N) is 2. The van der Waals surface area contributed by atoms with E-state index in [-0.39, 0.29) is 0 Å². The molecule has 7 nitrogen and oxygen atoms in total. The Hall–Kier alpha value is -3.06. The summed E-state index contributed by atoms with van der Waals surface area (Å²) in [5, 5.41) is 14.7. The molecule has 4 aromatic rings. The molecule has 3 aromatic heterocycles. The highest BCUT2D eigenvalue weighted by atomic mass is 35.5. The Kier molecular flexibility index (Phi) is 3.76. The maximum atomic E-state index is 5.91. The van der Waals surface area contributed by atoms with Crippen LogP contribution in [0, 0.1) is 0 Å². The smallest absolute Gasteiger partial charge is 0.204 e. The van der Waals surface area contributed by atoms with Crippen molar-refractivity contribution in [3.8, 4) is 22.8 Å². The van der Waals surface area contributed by atoms with Crippen LogP contribution in [0.3, 0.4) is 0 Å². The second-order valence-electron chi connectivity index (χ2n) is 5.21. The largest absolute Gasteiger partial charge is 0.340 e. The summed E-state index contributed by atoms with van der Waals surface area (Å²) in [4.78, 5) is 12.1. The molecule has 1 aromatic carbocycles. The van der Waals surface area contributed by atoms with Gasteiger partial charge in [0.2, 0.25) is 5.82 Å². The fourth-order valence-corrected chi connectivity index (χ4v) is 2.51. The predicted molar refractivity (Wildman–Crippen MR) is 89.2 cm³/mol. The fourth-order valence-electron chi connectivity index (χ4n) is 2.38. The third-order valence-electron chi connectivity index (χ3n) is 3.55. The quantitative estimate of drug-likeness (QED) is 0.597. The van der Waals surface area contributed by atoms with Crippen molar-refractivity contribution in [2.24, 2.45) is 0 Å². The molecule has 0 bridgehead atoms. The Bertz CT molecular complexity index is 945. The van der Waals surface area contributed by atoms with Crippen LogP contribution >= 0.6 is 11.6 Å². The number of benzene rings is 1. The summed E-state index contributed by atoms with van der Waals surface area (Å²) in [6, 6.07) is 11.4. The number of hydrogen-bond acceptors (Lipinski definition) is 5. The molecule has 2 N–H and O–H groups in total. The Morgan fingerprint density at radius 3 is 2.71 bits per heavy atom. The van der Waals surface area contributed by atoms with Gasteiger partial charge in [-0.15, -0.1) is 10.2 Å². The first kappa shape index (κ1) is 14.5. The van der Waals surface area contributed by atoms with Gasteiger partial charge in [-0.25, -0.2) is 4.98 Å². The Morgan fingerprint density at radius 2 is 1.92 bits per heavy atom. The van der Waals surface area contributed by atoms with Gasteiger partial charge in [0.1, 0.15) is 5.82 Å².